The van der Waals surface area contributed by atoms with Gasteiger partial charge in [-0.3, -0.25) is 0 Å². The Morgan fingerprint density at radius 2 is 1.78 bits per heavy atom. The van der Waals surface area contributed by atoms with Crippen LogP contribution < -0.4 is 0 Å². The molecule has 0 heterocycles. The summed E-state index contributed by atoms with van der Waals surface area (Å²) in [6.07, 6.45) is 8.61. The van der Waals surface area contributed by atoms with E-state index in [4.69, 9.17) is 0 Å². The van der Waals surface area contributed by atoms with Gasteiger partial charge >= 0.3 is 0 Å². The molecular weight excluding hydrogens is 168 g/mol. The van der Waals surface area contributed by atoms with Crippen molar-refractivity contribution >= 4 is 35.3 Å². The van der Waals surface area contributed by atoms with E-state index in [0.29, 0.717) is 0 Å². The van der Waals surface area contributed by atoms with Crippen LogP contribution in [0.15, 0.2) is 10.3 Å². The van der Waals surface area contributed by atoms with Gasteiger partial charge in [-0.1, -0.05) is 6.08 Å². The molecule has 0 saturated carbocycles. The number of rotatable bonds is 4. The number of hydrogen-bond donors (Lipinski definition) is 0. The Bertz CT molecular complexity index is 82.3. The molecule has 0 aromatic carbocycles. The summed E-state index contributed by atoms with van der Waals surface area (Å²) in [4.78, 5) is 0. The fourth-order valence-corrected chi connectivity index (χ4v) is 2.11. The molecule has 9 heavy (non-hydrogen) atoms. The van der Waals surface area contributed by atoms with Gasteiger partial charge in [-0.25, -0.2) is 0 Å². The van der Waals surface area contributed by atoms with Crippen LogP contribution in [0, 0.1) is 0 Å². The Hall–Kier alpha value is 0.790. The molecule has 54 valence electrons. The predicted molar refractivity (Wildman–Crippen MR) is 53.5 cm³/mol. The molecule has 0 saturated heterocycles. The summed E-state index contributed by atoms with van der Waals surface area (Å²) >= 11 is 5.50. The van der Waals surface area contributed by atoms with Crippen LogP contribution in [-0.2, 0) is 0 Å². The minimum Gasteiger partial charge on any atom is -0.161 e. The Morgan fingerprint density at radius 1 is 1.22 bits per heavy atom. The highest BCUT2D eigenvalue weighted by Gasteiger charge is 1.87. The van der Waals surface area contributed by atoms with Gasteiger partial charge in [0.25, 0.3) is 0 Å². The molecule has 0 aromatic heterocycles. The van der Waals surface area contributed by atoms with Crippen LogP contribution in [0.1, 0.15) is 0 Å². The molecule has 0 aliphatic heterocycles. The van der Waals surface area contributed by atoms with E-state index in [2.05, 4.69) is 24.8 Å². The molecule has 0 aliphatic rings. The van der Waals surface area contributed by atoms with Gasteiger partial charge in [-0.2, -0.15) is 11.8 Å². The van der Waals surface area contributed by atoms with Gasteiger partial charge < -0.3 is 0 Å². The average molecular weight is 180 g/mol. The molecule has 0 bridgehead atoms. The van der Waals surface area contributed by atoms with Crippen LogP contribution in [0.5, 0.6) is 0 Å². The highest BCUT2D eigenvalue weighted by atomic mass is 32.2. The van der Waals surface area contributed by atoms with Gasteiger partial charge in [-0.05, 0) is 18.8 Å². The molecule has 0 aromatic rings. The van der Waals surface area contributed by atoms with Gasteiger partial charge in [0.2, 0.25) is 0 Å². The lowest BCUT2D eigenvalue weighted by Gasteiger charge is -1.95. The smallest absolute Gasteiger partial charge is 0.0363 e. The molecule has 0 unspecified atom stereocenters. The zero-order valence-corrected chi connectivity index (χ0v) is 8.46. The Kier molecular flexibility index (Phi) is 7.51. The van der Waals surface area contributed by atoms with E-state index in [1.54, 1.807) is 0 Å². The van der Waals surface area contributed by atoms with Gasteiger partial charge in [0.1, 0.15) is 0 Å². The van der Waals surface area contributed by atoms with E-state index in [-0.39, 0.29) is 0 Å². The van der Waals surface area contributed by atoms with Crippen molar-refractivity contribution in [1.29, 1.82) is 0 Å². The predicted octanol–water partition coefficient (Wildman–Crippen LogP) is 2.92. The standard InChI is InChI=1S/C6H12S3/c1-7-5-4-6(8-2)9-3/h4H,5H2,1-3H3. The van der Waals surface area contributed by atoms with Crippen molar-refractivity contribution in [2.45, 2.75) is 0 Å². The van der Waals surface area contributed by atoms with E-state index >= 15 is 0 Å². The monoisotopic (exact) mass is 180 g/mol. The minimum absolute atomic E-state index is 1.14. The van der Waals surface area contributed by atoms with Crippen molar-refractivity contribution in [3.8, 4) is 0 Å². The number of thioether (sulfide) groups is 3. The topological polar surface area (TPSA) is 0 Å². The van der Waals surface area contributed by atoms with Gasteiger partial charge in [0, 0.05) is 9.99 Å². The first-order valence-electron chi connectivity index (χ1n) is 2.62. The van der Waals surface area contributed by atoms with Crippen LogP contribution in [0.4, 0.5) is 0 Å². The Balaban J connectivity index is 3.48. The van der Waals surface area contributed by atoms with E-state index < -0.39 is 0 Å². The molecule has 0 N–H and O–H groups in total. The van der Waals surface area contributed by atoms with E-state index in [9.17, 15) is 0 Å². The minimum atomic E-state index is 1.14. The molecular formula is C6H12S3. The third-order valence-corrected chi connectivity index (χ3v) is 3.46. The molecule has 0 nitrogen and oxygen atoms in total. The van der Waals surface area contributed by atoms with E-state index in [0.717, 1.165) is 5.75 Å². The lowest BCUT2D eigenvalue weighted by atomic mass is 10.8. The van der Waals surface area contributed by atoms with Crippen LogP contribution in [0.25, 0.3) is 0 Å². The number of hydrogen-bond acceptors (Lipinski definition) is 3. The third-order valence-electron chi connectivity index (χ3n) is 0.819. The zero-order valence-electron chi connectivity index (χ0n) is 6.01. The van der Waals surface area contributed by atoms with Crippen molar-refractivity contribution in [3.63, 3.8) is 0 Å². The highest BCUT2D eigenvalue weighted by molar-refractivity contribution is 8.21. The largest absolute Gasteiger partial charge is 0.161 e. The summed E-state index contributed by atoms with van der Waals surface area (Å²) in [6.45, 7) is 0. The van der Waals surface area contributed by atoms with Crippen molar-refractivity contribution in [1.82, 2.24) is 0 Å². The highest BCUT2D eigenvalue weighted by Crippen LogP contribution is 2.23. The third kappa shape index (κ3) is 5.25. The quantitative estimate of drug-likeness (QED) is 0.653. The molecule has 0 amide bonds. The molecule has 0 radical (unpaired) electrons. The molecule has 0 rings (SSSR count). The fraction of sp³-hybridized carbons (Fsp3) is 0.667. The van der Waals surface area contributed by atoms with Crippen LogP contribution in [-0.4, -0.2) is 24.5 Å². The van der Waals surface area contributed by atoms with E-state index in [1.165, 1.54) is 4.24 Å². The van der Waals surface area contributed by atoms with Gasteiger partial charge in [0.05, 0.1) is 0 Å². The van der Waals surface area contributed by atoms with Crippen molar-refractivity contribution in [2.24, 2.45) is 0 Å². The first-order valence-corrected chi connectivity index (χ1v) is 6.46. The lowest BCUT2D eigenvalue weighted by molar-refractivity contribution is 1.79. The Labute approximate surface area is 70.2 Å². The van der Waals surface area contributed by atoms with Crippen LogP contribution >= 0.6 is 35.3 Å². The molecule has 0 spiro atoms. The molecule has 0 atom stereocenters. The summed E-state index contributed by atoms with van der Waals surface area (Å²) < 4.78 is 1.42. The first-order chi connectivity index (χ1) is 4.35. The molecule has 0 aliphatic carbocycles. The summed E-state index contributed by atoms with van der Waals surface area (Å²) in [5.74, 6) is 1.14. The lowest BCUT2D eigenvalue weighted by Crippen LogP contribution is -1.70. The zero-order chi connectivity index (χ0) is 7.11. The average Bonchev–Trinajstić information content (AvgIpc) is 1.91. The second-order valence-electron chi connectivity index (χ2n) is 1.39. The molecule has 3 heteroatoms. The summed E-state index contributed by atoms with van der Waals surface area (Å²) in [6, 6.07) is 0. The SMILES string of the molecule is CSCC=C(SC)SC. The van der Waals surface area contributed by atoms with Gasteiger partial charge in [-0.15, -0.1) is 23.5 Å². The van der Waals surface area contributed by atoms with Crippen LogP contribution in [0.3, 0.4) is 0 Å². The molecule has 0 fully saturated rings. The second-order valence-corrected chi connectivity index (χ2v) is 4.25. The van der Waals surface area contributed by atoms with E-state index in [1.807, 2.05) is 35.3 Å². The maximum Gasteiger partial charge on any atom is 0.0363 e. The second kappa shape index (κ2) is 6.90. The summed E-state index contributed by atoms with van der Waals surface area (Å²) in [5.41, 5.74) is 0. The Morgan fingerprint density at radius 3 is 2.11 bits per heavy atom. The van der Waals surface area contributed by atoms with Gasteiger partial charge in [0.15, 0.2) is 0 Å². The van der Waals surface area contributed by atoms with Crippen LogP contribution in [0.2, 0.25) is 0 Å². The van der Waals surface area contributed by atoms with Crippen molar-refractivity contribution in [3.05, 3.63) is 10.3 Å². The normalized spacial score (nSPS) is 9.22. The van der Waals surface area contributed by atoms with Crippen molar-refractivity contribution in [2.75, 3.05) is 24.5 Å². The fourth-order valence-electron chi connectivity index (χ4n) is 0.401. The summed E-state index contributed by atoms with van der Waals surface area (Å²) in [5, 5.41) is 0. The maximum atomic E-state index is 2.26. The maximum absolute atomic E-state index is 2.26. The summed E-state index contributed by atoms with van der Waals surface area (Å²) in [7, 11) is 0. The first kappa shape index (κ1) is 9.79. The van der Waals surface area contributed by atoms with Crippen molar-refractivity contribution < 1.29 is 0 Å².